The van der Waals surface area contributed by atoms with Crippen molar-refractivity contribution < 1.29 is 12.9 Å². The first-order chi connectivity index (χ1) is 5.79. The fourth-order valence-corrected chi connectivity index (χ4v) is 1.69. The van der Waals surface area contributed by atoms with Crippen LogP contribution in [0.2, 0.25) is 0 Å². The lowest BCUT2D eigenvalue weighted by atomic mass is 10.4. The standard InChI is InChI=1S/C7H15NO3S/c9-12(10)11-7-3-6-8-4-1-2-5-8/h1-7H2,(H,9,10). The minimum atomic E-state index is -2.09. The Morgan fingerprint density at radius 3 is 2.67 bits per heavy atom. The highest BCUT2D eigenvalue weighted by Crippen LogP contribution is 2.07. The van der Waals surface area contributed by atoms with E-state index in [2.05, 4.69) is 9.08 Å². The molecule has 1 aliphatic rings. The first kappa shape index (κ1) is 10.1. The van der Waals surface area contributed by atoms with Crippen molar-refractivity contribution in [2.75, 3.05) is 26.2 Å². The smallest absolute Gasteiger partial charge is 0.301 e. The van der Waals surface area contributed by atoms with Crippen LogP contribution >= 0.6 is 0 Å². The fraction of sp³-hybridized carbons (Fsp3) is 1.00. The van der Waals surface area contributed by atoms with Crippen LogP contribution in [-0.4, -0.2) is 39.9 Å². The third-order valence-corrected chi connectivity index (χ3v) is 2.37. The highest BCUT2D eigenvalue weighted by atomic mass is 32.2. The Morgan fingerprint density at radius 2 is 2.08 bits per heavy atom. The van der Waals surface area contributed by atoms with Crippen molar-refractivity contribution in [2.24, 2.45) is 0 Å². The molecule has 1 unspecified atom stereocenters. The summed E-state index contributed by atoms with van der Waals surface area (Å²) in [5.41, 5.74) is 0. The first-order valence-corrected chi connectivity index (χ1v) is 5.29. The molecular weight excluding hydrogens is 178 g/mol. The van der Waals surface area contributed by atoms with Crippen molar-refractivity contribution in [1.29, 1.82) is 0 Å². The lowest BCUT2D eigenvalue weighted by Crippen LogP contribution is -2.21. The predicted octanol–water partition coefficient (Wildman–Crippen LogP) is 0.626. The van der Waals surface area contributed by atoms with Crippen LogP contribution < -0.4 is 0 Å². The van der Waals surface area contributed by atoms with Gasteiger partial charge < -0.3 is 4.90 Å². The zero-order valence-electron chi connectivity index (χ0n) is 7.07. The van der Waals surface area contributed by atoms with E-state index >= 15 is 0 Å². The summed E-state index contributed by atoms with van der Waals surface area (Å²) >= 11 is -2.09. The summed E-state index contributed by atoms with van der Waals surface area (Å²) in [4.78, 5) is 2.35. The Labute approximate surface area is 75.4 Å². The zero-order chi connectivity index (χ0) is 8.81. The van der Waals surface area contributed by atoms with E-state index in [1.54, 1.807) is 0 Å². The summed E-state index contributed by atoms with van der Waals surface area (Å²) in [6.07, 6.45) is 3.41. The zero-order valence-corrected chi connectivity index (χ0v) is 7.89. The molecule has 0 spiro atoms. The quantitative estimate of drug-likeness (QED) is 0.514. The van der Waals surface area contributed by atoms with Crippen LogP contribution in [0.4, 0.5) is 0 Å². The average Bonchev–Trinajstić information content (AvgIpc) is 2.49. The minimum Gasteiger partial charge on any atom is -0.303 e. The van der Waals surface area contributed by atoms with Crippen LogP contribution in [0.1, 0.15) is 19.3 Å². The van der Waals surface area contributed by atoms with Gasteiger partial charge in [-0.25, -0.2) is 0 Å². The molecular formula is C7H15NO3S. The Bertz CT molecular complexity index is 148. The van der Waals surface area contributed by atoms with Crippen LogP contribution in [0.5, 0.6) is 0 Å². The van der Waals surface area contributed by atoms with E-state index in [-0.39, 0.29) is 0 Å². The fourth-order valence-electron chi connectivity index (χ4n) is 1.42. The molecule has 0 bridgehead atoms. The monoisotopic (exact) mass is 193 g/mol. The predicted molar refractivity (Wildman–Crippen MR) is 47.0 cm³/mol. The van der Waals surface area contributed by atoms with E-state index in [9.17, 15) is 4.21 Å². The molecule has 0 aromatic rings. The van der Waals surface area contributed by atoms with E-state index in [0.29, 0.717) is 6.61 Å². The van der Waals surface area contributed by atoms with Crippen molar-refractivity contribution in [2.45, 2.75) is 19.3 Å². The van der Waals surface area contributed by atoms with Gasteiger partial charge in [0.1, 0.15) is 0 Å². The van der Waals surface area contributed by atoms with E-state index in [4.69, 9.17) is 4.55 Å². The van der Waals surface area contributed by atoms with Gasteiger partial charge in [0.25, 0.3) is 0 Å². The van der Waals surface area contributed by atoms with E-state index in [0.717, 1.165) is 13.0 Å². The molecule has 1 heterocycles. The van der Waals surface area contributed by atoms with Gasteiger partial charge in [0.2, 0.25) is 0 Å². The largest absolute Gasteiger partial charge is 0.303 e. The van der Waals surface area contributed by atoms with Gasteiger partial charge in [-0.15, -0.1) is 0 Å². The number of nitrogens with zero attached hydrogens (tertiary/aromatic N) is 1. The van der Waals surface area contributed by atoms with Crippen LogP contribution in [0.15, 0.2) is 0 Å². The van der Waals surface area contributed by atoms with Crippen LogP contribution in [0.25, 0.3) is 0 Å². The van der Waals surface area contributed by atoms with Gasteiger partial charge in [-0.05, 0) is 32.4 Å². The van der Waals surface area contributed by atoms with Gasteiger partial charge in [0, 0.05) is 6.54 Å². The van der Waals surface area contributed by atoms with E-state index < -0.39 is 11.4 Å². The molecule has 1 fully saturated rings. The third kappa shape index (κ3) is 4.15. The number of hydrogen-bond acceptors (Lipinski definition) is 3. The molecule has 12 heavy (non-hydrogen) atoms. The van der Waals surface area contributed by atoms with Crippen molar-refractivity contribution in [3.8, 4) is 0 Å². The number of rotatable bonds is 5. The maximum Gasteiger partial charge on any atom is 0.301 e. The molecule has 1 aliphatic heterocycles. The number of likely N-dealkylation sites (tertiary alicyclic amines) is 1. The highest BCUT2D eigenvalue weighted by Gasteiger charge is 2.10. The normalized spacial score (nSPS) is 21.4. The SMILES string of the molecule is O=S(O)OCCCN1CCCC1. The molecule has 1 saturated heterocycles. The maximum atomic E-state index is 10.1. The van der Waals surface area contributed by atoms with Crippen molar-refractivity contribution in [3.05, 3.63) is 0 Å². The molecule has 0 saturated carbocycles. The van der Waals surface area contributed by atoms with Crippen molar-refractivity contribution >= 4 is 11.4 Å². The molecule has 4 nitrogen and oxygen atoms in total. The minimum absolute atomic E-state index is 0.375. The van der Waals surface area contributed by atoms with Gasteiger partial charge in [-0.3, -0.25) is 8.74 Å². The molecule has 0 aromatic heterocycles. The molecule has 0 aliphatic carbocycles. The summed E-state index contributed by atoms with van der Waals surface area (Å²) in [5.74, 6) is 0. The summed E-state index contributed by atoms with van der Waals surface area (Å²) in [7, 11) is 0. The van der Waals surface area contributed by atoms with Crippen LogP contribution in [-0.2, 0) is 15.5 Å². The summed E-state index contributed by atoms with van der Waals surface area (Å²) in [5, 5.41) is 0. The van der Waals surface area contributed by atoms with Gasteiger partial charge in [0.05, 0.1) is 6.61 Å². The van der Waals surface area contributed by atoms with Gasteiger partial charge in [-0.2, -0.15) is 4.21 Å². The van der Waals surface area contributed by atoms with Gasteiger partial charge >= 0.3 is 11.4 Å². The molecule has 0 aromatic carbocycles. The third-order valence-electron chi connectivity index (χ3n) is 2.00. The second-order valence-corrected chi connectivity index (χ2v) is 3.61. The van der Waals surface area contributed by atoms with Crippen molar-refractivity contribution in [3.63, 3.8) is 0 Å². The number of hydrogen-bond donors (Lipinski definition) is 1. The molecule has 72 valence electrons. The molecule has 1 N–H and O–H groups in total. The Morgan fingerprint density at radius 1 is 1.42 bits per heavy atom. The molecule has 1 atom stereocenters. The van der Waals surface area contributed by atoms with Gasteiger partial charge in [-0.1, -0.05) is 0 Å². The van der Waals surface area contributed by atoms with Crippen LogP contribution in [0.3, 0.4) is 0 Å². The molecule has 5 heteroatoms. The first-order valence-electron chi connectivity index (χ1n) is 4.25. The average molecular weight is 193 g/mol. The lowest BCUT2D eigenvalue weighted by Gasteiger charge is -2.12. The second kappa shape index (κ2) is 5.64. The lowest BCUT2D eigenvalue weighted by molar-refractivity contribution is 0.261. The second-order valence-electron chi connectivity index (χ2n) is 2.94. The van der Waals surface area contributed by atoms with Crippen molar-refractivity contribution in [1.82, 2.24) is 4.90 Å². The summed E-state index contributed by atoms with van der Waals surface area (Å²) < 4.78 is 22.9. The van der Waals surface area contributed by atoms with E-state index in [1.165, 1.54) is 25.9 Å². The highest BCUT2D eigenvalue weighted by molar-refractivity contribution is 7.74. The summed E-state index contributed by atoms with van der Waals surface area (Å²) in [6.45, 7) is 3.70. The Balaban J connectivity index is 1.91. The topological polar surface area (TPSA) is 49.8 Å². The molecule has 0 radical (unpaired) electrons. The molecule has 1 rings (SSSR count). The van der Waals surface area contributed by atoms with Gasteiger partial charge in [0.15, 0.2) is 0 Å². The molecule has 0 amide bonds. The Hall–Kier alpha value is 0.0300. The van der Waals surface area contributed by atoms with Crippen LogP contribution in [0, 0.1) is 0 Å². The Kier molecular flexibility index (Phi) is 4.75. The summed E-state index contributed by atoms with van der Waals surface area (Å²) in [6, 6.07) is 0. The van der Waals surface area contributed by atoms with E-state index in [1.807, 2.05) is 0 Å². The maximum absolute atomic E-state index is 10.1.